The molecule has 0 radical (unpaired) electrons. The van der Waals surface area contributed by atoms with Gasteiger partial charge in [0.25, 0.3) is 0 Å². The summed E-state index contributed by atoms with van der Waals surface area (Å²) in [7, 11) is 0. The van der Waals surface area contributed by atoms with Crippen molar-refractivity contribution in [2.75, 3.05) is 6.61 Å². The van der Waals surface area contributed by atoms with Gasteiger partial charge in [0.1, 0.15) is 0 Å². The van der Waals surface area contributed by atoms with Crippen molar-refractivity contribution in [3.8, 4) is 0 Å². The highest BCUT2D eigenvalue weighted by molar-refractivity contribution is 5.72. The summed E-state index contributed by atoms with van der Waals surface area (Å²) in [5.41, 5.74) is 7.76. The quantitative estimate of drug-likeness (QED) is 0.772. The Morgan fingerprint density at radius 2 is 1.88 bits per heavy atom. The lowest BCUT2D eigenvalue weighted by Crippen LogP contribution is -2.16. The average molecular weight is 221 g/mol. The van der Waals surface area contributed by atoms with E-state index in [2.05, 4.69) is 0 Å². The van der Waals surface area contributed by atoms with Gasteiger partial charge < -0.3 is 10.5 Å². The maximum atomic E-state index is 11.4. The van der Waals surface area contributed by atoms with Crippen molar-refractivity contribution in [2.24, 2.45) is 11.7 Å². The van der Waals surface area contributed by atoms with E-state index in [1.54, 1.807) is 0 Å². The molecule has 0 saturated heterocycles. The molecule has 16 heavy (non-hydrogen) atoms. The van der Waals surface area contributed by atoms with Crippen LogP contribution in [-0.4, -0.2) is 12.6 Å². The van der Waals surface area contributed by atoms with Crippen molar-refractivity contribution in [1.82, 2.24) is 0 Å². The molecule has 0 spiro atoms. The van der Waals surface area contributed by atoms with Gasteiger partial charge in [-0.05, 0) is 24.5 Å². The topological polar surface area (TPSA) is 52.3 Å². The molecule has 0 fully saturated rings. The van der Waals surface area contributed by atoms with Crippen LogP contribution in [0.2, 0.25) is 0 Å². The smallest absolute Gasteiger partial charge is 0.308 e. The molecule has 0 aliphatic heterocycles. The van der Waals surface area contributed by atoms with Crippen LogP contribution >= 0.6 is 0 Å². The van der Waals surface area contributed by atoms with Crippen LogP contribution in [0, 0.1) is 5.92 Å². The third kappa shape index (κ3) is 3.66. The number of esters is 1. The Morgan fingerprint density at radius 3 is 2.38 bits per heavy atom. The number of carbonyl (C=O) groups excluding carboxylic acids is 1. The normalized spacial score (nSPS) is 12.2. The van der Waals surface area contributed by atoms with E-state index in [0.29, 0.717) is 19.6 Å². The molecule has 1 atom stereocenters. The van der Waals surface area contributed by atoms with Crippen LogP contribution in [0.3, 0.4) is 0 Å². The average Bonchev–Trinajstić information content (AvgIpc) is 2.30. The summed E-state index contributed by atoms with van der Waals surface area (Å²) in [5, 5.41) is 0. The Bertz CT molecular complexity index is 332. The molecular formula is C13H19NO2. The van der Waals surface area contributed by atoms with Crippen molar-refractivity contribution < 1.29 is 9.53 Å². The lowest BCUT2D eigenvalue weighted by atomic mass is 10.0. The minimum Gasteiger partial charge on any atom is -0.466 e. The van der Waals surface area contributed by atoms with Gasteiger partial charge in [-0.2, -0.15) is 0 Å². The van der Waals surface area contributed by atoms with E-state index in [9.17, 15) is 4.79 Å². The van der Waals surface area contributed by atoms with Gasteiger partial charge in [-0.1, -0.05) is 31.2 Å². The van der Waals surface area contributed by atoms with Gasteiger partial charge in [0.15, 0.2) is 0 Å². The van der Waals surface area contributed by atoms with Gasteiger partial charge in [-0.3, -0.25) is 4.79 Å². The molecule has 1 unspecified atom stereocenters. The van der Waals surface area contributed by atoms with Crippen LogP contribution in [0.25, 0.3) is 0 Å². The van der Waals surface area contributed by atoms with E-state index in [1.165, 1.54) is 0 Å². The molecule has 0 heterocycles. The second-order valence-electron chi connectivity index (χ2n) is 3.88. The SMILES string of the molecule is CCOC(=O)C(C)Cc1ccc(CN)cc1. The molecule has 1 aromatic carbocycles. The predicted molar refractivity (Wildman–Crippen MR) is 63.8 cm³/mol. The Hall–Kier alpha value is -1.35. The first kappa shape index (κ1) is 12.7. The number of rotatable bonds is 5. The van der Waals surface area contributed by atoms with Gasteiger partial charge in [-0.25, -0.2) is 0 Å². The third-order valence-electron chi connectivity index (χ3n) is 2.49. The fourth-order valence-electron chi connectivity index (χ4n) is 1.53. The Balaban J connectivity index is 2.55. The van der Waals surface area contributed by atoms with E-state index in [4.69, 9.17) is 10.5 Å². The third-order valence-corrected chi connectivity index (χ3v) is 2.49. The molecule has 0 amide bonds. The van der Waals surface area contributed by atoms with Crippen LogP contribution in [0.4, 0.5) is 0 Å². The summed E-state index contributed by atoms with van der Waals surface area (Å²) in [6, 6.07) is 8.01. The van der Waals surface area contributed by atoms with Gasteiger partial charge in [0.05, 0.1) is 12.5 Å². The molecule has 3 heteroatoms. The minimum absolute atomic E-state index is 0.0938. The molecule has 0 aromatic heterocycles. The van der Waals surface area contributed by atoms with E-state index in [0.717, 1.165) is 11.1 Å². The van der Waals surface area contributed by atoms with Gasteiger partial charge in [-0.15, -0.1) is 0 Å². The number of hydrogen-bond donors (Lipinski definition) is 1. The van der Waals surface area contributed by atoms with E-state index >= 15 is 0 Å². The largest absolute Gasteiger partial charge is 0.466 e. The van der Waals surface area contributed by atoms with Crippen LogP contribution in [0.5, 0.6) is 0 Å². The second kappa shape index (κ2) is 6.28. The summed E-state index contributed by atoms with van der Waals surface area (Å²) in [4.78, 5) is 11.4. The molecule has 0 aliphatic carbocycles. The Kier molecular flexibility index (Phi) is 4.99. The van der Waals surface area contributed by atoms with E-state index in [1.807, 2.05) is 38.1 Å². The van der Waals surface area contributed by atoms with Crippen molar-refractivity contribution in [2.45, 2.75) is 26.8 Å². The molecule has 1 rings (SSSR count). The molecular weight excluding hydrogens is 202 g/mol. The van der Waals surface area contributed by atoms with Crippen LogP contribution in [0.15, 0.2) is 24.3 Å². The standard InChI is InChI=1S/C13H19NO2/c1-3-16-13(15)10(2)8-11-4-6-12(9-14)7-5-11/h4-7,10H,3,8-9,14H2,1-2H3. The molecule has 88 valence electrons. The summed E-state index contributed by atoms with van der Waals surface area (Å²) in [6.07, 6.45) is 0.712. The maximum absolute atomic E-state index is 11.4. The number of nitrogens with two attached hydrogens (primary N) is 1. The highest BCUT2D eigenvalue weighted by Gasteiger charge is 2.14. The van der Waals surface area contributed by atoms with Crippen molar-refractivity contribution >= 4 is 5.97 Å². The molecule has 1 aromatic rings. The predicted octanol–water partition coefficient (Wildman–Crippen LogP) is 1.89. The monoisotopic (exact) mass is 221 g/mol. The molecule has 0 saturated carbocycles. The van der Waals surface area contributed by atoms with Crippen LogP contribution < -0.4 is 5.73 Å². The first-order chi connectivity index (χ1) is 7.67. The summed E-state index contributed by atoms with van der Waals surface area (Å²) < 4.78 is 4.96. The maximum Gasteiger partial charge on any atom is 0.308 e. The fourth-order valence-corrected chi connectivity index (χ4v) is 1.53. The van der Waals surface area contributed by atoms with Crippen LogP contribution in [-0.2, 0) is 22.5 Å². The van der Waals surface area contributed by atoms with Gasteiger partial charge >= 0.3 is 5.97 Å². The zero-order valence-electron chi connectivity index (χ0n) is 9.90. The minimum atomic E-state index is -0.134. The lowest BCUT2D eigenvalue weighted by molar-refractivity contribution is -0.147. The highest BCUT2D eigenvalue weighted by Crippen LogP contribution is 2.11. The molecule has 0 bridgehead atoms. The van der Waals surface area contributed by atoms with Gasteiger partial charge in [0.2, 0.25) is 0 Å². The first-order valence-electron chi connectivity index (χ1n) is 5.62. The Morgan fingerprint density at radius 1 is 1.31 bits per heavy atom. The molecule has 0 aliphatic rings. The lowest BCUT2D eigenvalue weighted by Gasteiger charge is -2.10. The number of hydrogen-bond acceptors (Lipinski definition) is 3. The number of carbonyl (C=O) groups is 1. The first-order valence-corrected chi connectivity index (χ1v) is 5.62. The summed E-state index contributed by atoms with van der Waals surface area (Å²) in [5.74, 6) is -0.228. The van der Waals surface area contributed by atoms with Crippen molar-refractivity contribution in [3.63, 3.8) is 0 Å². The molecule has 2 N–H and O–H groups in total. The Labute approximate surface area is 96.6 Å². The van der Waals surface area contributed by atoms with Crippen molar-refractivity contribution in [1.29, 1.82) is 0 Å². The highest BCUT2D eigenvalue weighted by atomic mass is 16.5. The van der Waals surface area contributed by atoms with Gasteiger partial charge in [0, 0.05) is 6.54 Å². The number of benzene rings is 1. The second-order valence-corrected chi connectivity index (χ2v) is 3.88. The van der Waals surface area contributed by atoms with Crippen LogP contribution in [0.1, 0.15) is 25.0 Å². The zero-order valence-corrected chi connectivity index (χ0v) is 9.90. The number of ether oxygens (including phenoxy) is 1. The molecule has 3 nitrogen and oxygen atoms in total. The van der Waals surface area contributed by atoms with E-state index < -0.39 is 0 Å². The zero-order chi connectivity index (χ0) is 12.0. The summed E-state index contributed by atoms with van der Waals surface area (Å²) >= 11 is 0. The fraction of sp³-hybridized carbons (Fsp3) is 0.462. The van der Waals surface area contributed by atoms with Crippen molar-refractivity contribution in [3.05, 3.63) is 35.4 Å². The van der Waals surface area contributed by atoms with E-state index in [-0.39, 0.29) is 11.9 Å². The summed E-state index contributed by atoms with van der Waals surface area (Å²) in [6.45, 7) is 4.69.